The molecule has 0 heterocycles. The van der Waals surface area contributed by atoms with Crippen LogP contribution in [0.25, 0.3) is 0 Å². The van der Waals surface area contributed by atoms with Crippen molar-refractivity contribution in [1.29, 1.82) is 0 Å². The number of halogens is 5. The summed E-state index contributed by atoms with van der Waals surface area (Å²) in [5.41, 5.74) is 2.81. The highest BCUT2D eigenvalue weighted by atomic mass is 35.5. The molecular weight excluding hydrogens is 501 g/mol. The summed E-state index contributed by atoms with van der Waals surface area (Å²) < 4.78 is 0. The molecule has 10 nitrogen and oxygen atoms in total. The number of anilines is 1. The van der Waals surface area contributed by atoms with E-state index >= 15 is 0 Å². The fourth-order valence-corrected chi connectivity index (χ4v) is 2.91. The standard InChI is InChI=1S/C7H3Cl2NO5.C7H5Cl2NO3.ClH/c8-2-1-3(9)6(11)5(10(14)15)4(2)7(12)13;8-2-1-3(9)6(11)5(10)4(2)7(12)13;/h1,11H,(H,12,13);1,11H,10H2,(H,12,13);1H. The van der Waals surface area contributed by atoms with E-state index in [4.69, 9.17) is 62.4 Å². The SMILES string of the molecule is Cl.Nc1c(O)c(Cl)cc(Cl)c1C(=O)O.O=C(O)c1c(Cl)cc(Cl)c(O)c1[N+](=O)[O-]. The van der Waals surface area contributed by atoms with Crippen molar-refractivity contribution in [3.8, 4) is 11.5 Å². The fraction of sp³-hybridized carbons (Fsp3) is 0. The molecule has 2 aromatic carbocycles. The van der Waals surface area contributed by atoms with Gasteiger partial charge in [0.15, 0.2) is 11.3 Å². The predicted octanol–water partition coefficient (Wildman–Crippen LogP) is 4.71. The molecule has 2 rings (SSSR count). The molecule has 0 aliphatic rings. The molecule has 2 aromatic rings. The highest BCUT2D eigenvalue weighted by Crippen LogP contribution is 2.40. The molecule has 15 heteroatoms. The topological polar surface area (TPSA) is 184 Å². The Morgan fingerprint density at radius 1 is 0.862 bits per heavy atom. The molecule has 0 fully saturated rings. The number of benzene rings is 2. The van der Waals surface area contributed by atoms with Gasteiger partial charge in [-0.2, -0.15) is 0 Å². The summed E-state index contributed by atoms with van der Waals surface area (Å²) in [6.07, 6.45) is 0. The number of carbonyl (C=O) groups is 2. The molecule has 0 radical (unpaired) electrons. The third kappa shape index (κ3) is 5.81. The maximum absolute atomic E-state index is 10.7. The van der Waals surface area contributed by atoms with Crippen molar-refractivity contribution in [3.05, 3.63) is 53.5 Å². The molecule has 29 heavy (non-hydrogen) atoms. The van der Waals surface area contributed by atoms with E-state index in [-0.39, 0.29) is 38.7 Å². The molecule has 0 bridgehead atoms. The Bertz CT molecular complexity index is 999. The van der Waals surface area contributed by atoms with Crippen molar-refractivity contribution in [2.75, 3.05) is 5.73 Å². The van der Waals surface area contributed by atoms with E-state index in [9.17, 15) is 29.9 Å². The molecular formula is C14H9Cl5N2O8. The normalized spacial score (nSPS) is 9.66. The van der Waals surface area contributed by atoms with Crippen LogP contribution in [0, 0.1) is 10.1 Å². The number of rotatable bonds is 3. The largest absolute Gasteiger partial charge is 0.504 e. The van der Waals surface area contributed by atoms with Crippen LogP contribution in [0.2, 0.25) is 20.1 Å². The lowest BCUT2D eigenvalue weighted by Gasteiger charge is -2.06. The van der Waals surface area contributed by atoms with Gasteiger partial charge in [-0.3, -0.25) is 10.1 Å². The van der Waals surface area contributed by atoms with E-state index in [2.05, 4.69) is 0 Å². The second kappa shape index (κ2) is 10.4. The molecule has 0 amide bonds. The minimum absolute atomic E-state index is 0. The lowest BCUT2D eigenvalue weighted by atomic mass is 10.1. The van der Waals surface area contributed by atoms with E-state index in [1.54, 1.807) is 0 Å². The van der Waals surface area contributed by atoms with Crippen molar-refractivity contribution in [1.82, 2.24) is 0 Å². The van der Waals surface area contributed by atoms with Crippen LogP contribution in [0.3, 0.4) is 0 Å². The van der Waals surface area contributed by atoms with Crippen molar-refractivity contribution < 1.29 is 34.9 Å². The Morgan fingerprint density at radius 3 is 1.62 bits per heavy atom. The molecule has 0 aliphatic carbocycles. The second-order valence-electron chi connectivity index (χ2n) is 4.76. The number of phenols is 2. The molecule has 0 aliphatic heterocycles. The zero-order chi connectivity index (χ0) is 21.9. The van der Waals surface area contributed by atoms with Crippen molar-refractivity contribution in [2.45, 2.75) is 0 Å². The number of nitro benzene ring substituents is 1. The van der Waals surface area contributed by atoms with Gasteiger partial charge >= 0.3 is 17.6 Å². The highest BCUT2D eigenvalue weighted by molar-refractivity contribution is 6.39. The number of aromatic carboxylic acids is 2. The minimum Gasteiger partial charge on any atom is -0.504 e. The zero-order valence-corrected chi connectivity index (χ0v) is 17.4. The number of hydrogen-bond donors (Lipinski definition) is 5. The van der Waals surface area contributed by atoms with Crippen molar-refractivity contribution >= 4 is 82.1 Å². The third-order valence-corrected chi connectivity index (χ3v) is 4.21. The summed E-state index contributed by atoms with van der Waals surface area (Å²) in [4.78, 5) is 30.7. The van der Waals surface area contributed by atoms with Gasteiger partial charge in [-0.25, -0.2) is 9.59 Å². The number of nitrogen functional groups attached to an aromatic ring is 1. The average Bonchev–Trinajstić information content (AvgIpc) is 2.55. The first-order valence-corrected chi connectivity index (χ1v) is 8.10. The summed E-state index contributed by atoms with van der Waals surface area (Å²) in [6.45, 7) is 0. The number of hydrogen-bond acceptors (Lipinski definition) is 7. The van der Waals surface area contributed by atoms with Crippen molar-refractivity contribution in [2.24, 2.45) is 0 Å². The molecule has 158 valence electrons. The Morgan fingerprint density at radius 2 is 1.24 bits per heavy atom. The average molecular weight is 510 g/mol. The lowest BCUT2D eigenvalue weighted by molar-refractivity contribution is -0.386. The minimum atomic E-state index is -1.61. The Balaban J connectivity index is 0.000000527. The Labute approximate surface area is 187 Å². The lowest BCUT2D eigenvalue weighted by Crippen LogP contribution is -2.04. The number of nitrogens with two attached hydrogens (primary N) is 1. The number of aromatic hydroxyl groups is 2. The van der Waals surface area contributed by atoms with Gasteiger partial charge in [0.05, 0.1) is 30.7 Å². The molecule has 6 N–H and O–H groups in total. The quantitative estimate of drug-likeness (QED) is 0.169. The van der Waals surface area contributed by atoms with E-state index in [0.717, 1.165) is 12.1 Å². The monoisotopic (exact) mass is 508 g/mol. The van der Waals surface area contributed by atoms with Gasteiger partial charge in [-0.1, -0.05) is 46.4 Å². The second-order valence-corrected chi connectivity index (χ2v) is 6.39. The molecule has 0 aromatic heterocycles. The zero-order valence-electron chi connectivity index (χ0n) is 13.5. The van der Waals surface area contributed by atoms with Gasteiger partial charge in [-0.05, 0) is 12.1 Å². The van der Waals surface area contributed by atoms with Gasteiger partial charge in [0.1, 0.15) is 5.56 Å². The predicted molar refractivity (Wildman–Crippen MR) is 108 cm³/mol. The third-order valence-electron chi connectivity index (χ3n) is 3.03. The fourth-order valence-electron chi connectivity index (χ4n) is 1.82. The van der Waals surface area contributed by atoms with E-state index < -0.39 is 44.6 Å². The maximum Gasteiger partial charge on any atom is 0.344 e. The Hall–Kier alpha value is -2.37. The van der Waals surface area contributed by atoms with Crippen LogP contribution in [0.5, 0.6) is 11.5 Å². The summed E-state index contributed by atoms with van der Waals surface area (Å²) >= 11 is 21.9. The van der Waals surface area contributed by atoms with Gasteiger partial charge in [0.2, 0.25) is 5.75 Å². The smallest absolute Gasteiger partial charge is 0.344 e. The molecule has 0 unspecified atom stereocenters. The summed E-state index contributed by atoms with van der Waals surface area (Å²) in [5.74, 6) is -4.31. The van der Waals surface area contributed by atoms with Crippen LogP contribution >= 0.6 is 58.8 Å². The van der Waals surface area contributed by atoms with E-state index in [0.29, 0.717) is 0 Å². The Kier molecular flexibility index (Phi) is 9.57. The van der Waals surface area contributed by atoms with Gasteiger partial charge in [0.25, 0.3) is 0 Å². The van der Waals surface area contributed by atoms with Crippen LogP contribution in [-0.4, -0.2) is 37.3 Å². The number of carboxylic acids is 2. The first kappa shape index (κ1) is 26.6. The van der Waals surface area contributed by atoms with E-state index in [1.165, 1.54) is 0 Å². The van der Waals surface area contributed by atoms with Gasteiger partial charge < -0.3 is 26.2 Å². The molecule has 0 atom stereocenters. The highest BCUT2D eigenvalue weighted by Gasteiger charge is 2.30. The van der Waals surface area contributed by atoms with Crippen LogP contribution in [0.1, 0.15) is 20.7 Å². The number of phenolic OH excluding ortho intramolecular Hbond substituents is 2. The number of nitro groups is 1. The van der Waals surface area contributed by atoms with Gasteiger partial charge in [0, 0.05) is 0 Å². The maximum atomic E-state index is 10.7. The van der Waals surface area contributed by atoms with E-state index in [1.807, 2.05) is 0 Å². The summed E-state index contributed by atoms with van der Waals surface area (Å²) in [6, 6.07) is 2.05. The molecule has 0 saturated heterocycles. The summed E-state index contributed by atoms with van der Waals surface area (Å²) in [7, 11) is 0. The first-order valence-electron chi connectivity index (χ1n) is 6.59. The van der Waals surface area contributed by atoms with Gasteiger partial charge in [-0.15, -0.1) is 12.4 Å². The first-order chi connectivity index (χ1) is 12.8. The van der Waals surface area contributed by atoms with Crippen LogP contribution in [0.4, 0.5) is 11.4 Å². The number of nitrogens with zero attached hydrogens (tertiary/aromatic N) is 1. The van der Waals surface area contributed by atoms with Crippen LogP contribution < -0.4 is 5.73 Å². The number of carboxylic acid groups (broad SMARTS) is 2. The van der Waals surface area contributed by atoms with Crippen molar-refractivity contribution in [3.63, 3.8) is 0 Å². The van der Waals surface area contributed by atoms with Crippen LogP contribution in [-0.2, 0) is 0 Å². The van der Waals surface area contributed by atoms with Crippen LogP contribution in [0.15, 0.2) is 12.1 Å². The molecule has 0 saturated carbocycles. The molecule has 0 spiro atoms. The summed E-state index contributed by atoms with van der Waals surface area (Å²) in [5, 5.41) is 45.3.